The van der Waals surface area contributed by atoms with E-state index in [9.17, 15) is 26.4 Å². The third-order valence-corrected chi connectivity index (χ3v) is 5.59. The topological polar surface area (TPSA) is 66.5 Å². The van der Waals surface area contributed by atoms with Crippen LogP contribution in [0.25, 0.3) is 0 Å². The Hall–Kier alpha value is -1.77. The number of benzene rings is 1. The monoisotopic (exact) mass is 422 g/mol. The molecule has 9 heteroatoms. The summed E-state index contributed by atoms with van der Waals surface area (Å²) in [5.41, 5.74) is -0.993. The first-order valence-corrected chi connectivity index (χ1v) is 11.0. The minimum absolute atomic E-state index is 0.00183. The zero-order valence-electron chi connectivity index (χ0n) is 16.9. The van der Waals surface area contributed by atoms with Crippen LogP contribution in [-0.4, -0.2) is 33.2 Å². The second kappa shape index (κ2) is 9.62. The molecule has 0 saturated carbocycles. The van der Waals surface area contributed by atoms with Gasteiger partial charge in [0.15, 0.2) is 0 Å². The SMILES string of the molecule is CC(C)C(NC(=O)CCCN(c1cccc(C(F)(F)F)c1)S(C)(=O)=O)C(C)C. The Morgan fingerprint density at radius 3 is 2.18 bits per heavy atom. The maximum atomic E-state index is 12.9. The molecule has 0 aliphatic heterocycles. The summed E-state index contributed by atoms with van der Waals surface area (Å²) in [6, 6.07) is 4.16. The summed E-state index contributed by atoms with van der Waals surface area (Å²) in [6.07, 6.45) is -3.36. The molecule has 160 valence electrons. The van der Waals surface area contributed by atoms with Crippen LogP contribution >= 0.6 is 0 Å². The van der Waals surface area contributed by atoms with Crippen molar-refractivity contribution in [3.05, 3.63) is 29.8 Å². The van der Waals surface area contributed by atoms with Gasteiger partial charge in [0, 0.05) is 19.0 Å². The first kappa shape index (κ1) is 24.3. The van der Waals surface area contributed by atoms with Gasteiger partial charge in [-0.15, -0.1) is 0 Å². The molecule has 0 fully saturated rings. The Balaban J connectivity index is 2.84. The highest BCUT2D eigenvalue weighted by Gasteiger charge is 2.31. The Bertz CT molecular complexity index is 754. The molecule has 5 nitrogen and oxygen atoms in total. The molecule has 1 aromatic carbocycles. The van der Waals surface area contributed by atoms with Crippen LogP contribution in [0.4, 0.5) is 18.9 Å². The largest absolute Gasteiger partial charge is 0.416 e. The fraction of sp³-hybridized carbons (Fsp3) is 0.632. The van der Waals surface area contributed by atoms with E-state index >= 15 is 0 Å². The van der Waals surface area contributed by atoms with Crippen LogP contribution in [-0.2, 0) is 21.0 Å². The average molecular weight is 423 g/mol. The number of amides is 1. The highest BCUT2D eigenvalue weighted by molar-refractivity contribution is 7.92. The van der Waals surface area contributed by atoms with E-state index in [0.29, 0.717) is 0 Å². The van der Waals surface area contributed by atoms with Gasteiger partial charge in [0.1, 0.15) is 0 Å². The number of halogens is 3. The van der Waals surface area contributed by atoms with Gasteiger partial charge in [-0.05, 0) is 36.5 Å². The van der Waals surface area contributed by atoms with Gasteiger partial charge >= 0.3 is 6.18 Å². The highest BCUT2D eigenvalue weighted by Crippen LogP contribution is 2.32. The van der Waals surface area contributed by atoms with E-state index in [1.165, 1.54) is 12.1 Å². The summed E-state index contributed by atoms with van der Waals surface area (Å²) in [4.78, 5) is 12.2. The van der Waals surface area contributed by atoms with Gasteiger partial charge in [-0.1, -0.05) is 33.8 Å². The fourth-order valence-corrected chi connectivity index (χ4v) is 4.03. The van der Waals surface area contributed by atoms with E-state index in [1.54, 1.807) is 0 Å². The maximum Gasteiger partial charge on any atom is 0.416 e. The van der Waals surface area contributed by atoms with Gasteiger partial charge in [0.25, 0.3) is 0 Å². The van der Waals surface area contributed by atoms with Crippen LogP contribution in [0.15, 0.2) is 24.3 Å². The molecule has 0 radical (unpaired) electrons. The van der Waals surface area contributed by atoms with Crippen molar-refractivity contribution in [2.24, 2.45) is 11.8 Å². The smallest absolute Gasteiger partial charge is 0.353 e. The molecule has 1 amide bonds. The van der Waals surface area contributed by atoms with Crippen molar-refractivity contribution < 1.29 is 26.4 Å². The van der Waals surface area contributed by atoms with Crippen molar-refractivity contribution in [3.63, 3.8) is 0 Å². The van der Waals surface area contributed by atoms with Crippen LogP contribution in [0.2, 0.25) is 0 Å². The van der Waals surface area contributed by atoms with Gasteiger partial charge in [-0.2, -0.15) is 13.2 Å². The molecule has 0 aliphatic rings. The minimum Gasteiger partial charge on any atom is -0.353 e. The average Bonchev–Trinajstić information content (AvgIpc) is 2.54. The fourth-order valence-electron chi connectivity index (χ4n) is 3.07. The molecule has 0 bridgehead atoms. The van der Waals surface area contributed by atoms with Crippen molar-refractivity contribution in [2.75, 3.05) is 17.1 Å². The molecule has 0 aromatic heterocycles. The molecular formula is C19H29F3N2O3S. The zero-order chi connectivity index (χ0) is 21.7. The summed E-state index contributed by atoms with van der Waals surface area (Å²) >= 11 is 0. The molecule has 28 heavy (non-hydrogen) atoms. The van der Waals surface area contributed by atoms with Crippen molar-refractivity contribution >= 4 is 21.6 Å². The Morgan fingerprint density at radius 2 is 1.71 bits per heavy atom. The summed E-state index contributed by atoms with van der Waals surface area (Å²) in [5, 5.41) is 2.94. The van der Waals surface area contributed by atoms with Crippen molar-refractivity contribution in [1.29, 1.82) is 0 Å². The Labute approximate surface area is 165 Å². The molecule has 0 spiro atoms. The summed E-state index contributed by atoms with van der Waals surface area (Å²) in [6.45, 7) is 7.93. The second-order valence-electron chi connectivity index (χ2n) is 7.57. The van der Waals surface area contributed by atoms with Crippen LogP contribution in [0.1, 0.15) is 46.1 Å². The first-order chi connectivity index (χ1) is 12.7. The van der Waals surface area contributed by atoms with Gasteiger partial charge in [-0.3, -0.25) is 9.10 Å². The molecular weight excluding hydrogens is 393 g/mol. The summed E-state index contributed by atoms with van der Waals surface area (Å²) < 4.78 is 63.8. The number of nitrogens with zero attached hydrogens (tertiary/aromatic N) is 1. The van der Waals surface area contributed by atoms with Crippen LogP contribution in [0.5, 0.6) is 0 Å². The number of rotatable bonds is 9. The molecule has 0 unspecified atom stereocenters. The normalized spacial score (nSPS) is 12.7. The molecule has 0 saturated heterocycles. The Kier molecular flexibility index (Phi) is 8.34. The zero-order valence-corrected chi connectivity index (χ0v) is 17.7. The van der Waals surface area contributed by atoms with Gasteiger partial charge in [-0.25, -0.2) is 8.42 Å². The quantitative estimate of drug-likeness (QED) is 0.653. The van der Waals surface area contributed by atoms with E-state index in [4.69, 9.17) is 0 Å². The van der Waals surface area contributed by atoms with Gasteiger partial charge < -0.3 is 5.32 Å². The number of carbonyl (C=O) groups excluding carboxylic acids is 1. The van der Waals surface area contributed by atoms with E-state index in [2.05, 4.69) is 5.32 Å². The Morgan fingerprint density at radius 1 is 1.14 bits per heavy atom. The molecule has 0 heterocycles. The van der Waals surface area contributed by atoms with Crippen LogP contribution in [0, 0.1) is 11.8 Å². The molecule has 1 rings (SSSR count). The first-order valence-electron chi connectivity index (χ1n) is 9.17. The number of alkyl halides is 3. The number of hydrogen-bond acceptors (Lipinski definition) is 3. The van der Waals surface area contributed by atoms with Gasteiger partial charge in [0.2, 0.25) is 15.9 Å². The molecule has 0 aliphatic carbocycles. The predicted molar refractivity (Wildman–Crippen MR) is 104 cm³/mol. The predicted octanol–water partition coefficient (Wildman–Crippen LogP) is 4.05. The standard InChI is InChI=1S/C19H29F3N2O3S/c1-13(2)18(14(3)4)23-17(25)10-7-11-24(28(5,26)27)16-9-6-8-15(12-16)19(20,21)22/h6,8-9,12-14,18H,7,10-11H2,1-5H3,(H,23,25). The van der Waals surface area contributed by atoms with E-state index in [1.807, 2.05) is 27.7 Å². The van der Waals surface area contributed by atoms with Crippen molar-refractivity contribution in [3.8, 4) is 0 Å². The second-order valence-corrected chi connectivity index (χ2v) is 9.47. The number of anilines is 1. The van der Waals surface area contributed by atoms with E-state index < -0.39 is 21.8 Å². The lowest BCUT2D eigenvalue weighted by atomic mass is 9.93. The van der Waals surface area contributed by atoms with Gasteiger partial charge in [0.05, 0.1) is 17.5 Å². The number of nitrogens with one attached hydrogen (secondary N) is 1. The number of hydrogen-bond donors (Lipinski definition) is 1. The number of carbonyl (C=O) groups is 1. The lowest BCUT2D eigenvalue weighted by Gasteiger charge is -2.26. The third-order valence-electron chi connectivity index (χ3n) is 4.39. The lowest BCUT2D eigenvalue weighted by molar-refractivity contribution is -0.137. The third kappa shape index (κ3) is 7.33. The van der Waals surface area contributed by atoms with Crippen LogP contribution < -0.4 is 9.62 Å². The number of sulfonamides is 1. The summed E-state index contributed by atoms with van der Waals surface area (Å²) in [7, 11) is -3.79. The highest BCUT2D eigenvalue weighted by atomic mass is 32.2. The molecule has 0 atom stereocenters. The lowest BCUT2D eigenvalue weighted by Crippen LogP contribution is -2.42. The minimum atomic E-state index is -4.57. The maximum absolute atomic E-state index is 12.9. The van der Waals surface area contributed by atoms with E-state index in [-0.39, 0.29) is 48.9 Å². The van der Waals surface area contributed by atoms with E-state index in [0.717, 1.165) is 22.7 Å². The van der Waals surface area contributed by atoms with Crippen molar-refractivity contribution in [1.82, 2.24) is 5.32 Å². The van der Waals surface area contributed by atoms with Crippen LogP contribution in [0.3, 0.4) is 0 Å². The summed E-state index contributed by atoms with van der Waals surface area (Å²) in [5.74, 6) is 0.299. The van der Waals surface area contributed by atoms with Crippen molar-refractivity contribution in [2.45, 2.75) is 52.8 Å². The molecule has 1 aromatic rings. The molecule has 1 N–H and O–H groups in total.